The Morgan fingerprint density at radius 2 is 1.74 bits per heavy atom. The van der Waals surface area contributed by atoms with E-state index >= 15 is 0 Å². The molecular weight excluding hydrogens is 340 g/mol. The lowest BCUT2D eigenvalue weighted by atomic mass is 10.0. The van der Waals surface area contributed by atoms with Crippen molar-refractivity contribution in [2.75, 3.05) is 33.4 Å². The number of ether oxygens (including phenoxy) is 2. The number of para-hydroxylation sites is 2. The molecule has 144 valence electrons. The van der Waals surface area contributed by atoms with Crippen LogP contribution < -0.4 is 14.8 Å². The molecule has 1 amide bonds. The summed E-state index contributed by atoms with van der Waals surface area (Å²) in [5.74, 6) is 1.49. The molecule has 0 radical (unpaired) electrons. The fraction of sp³-hybridized carbons (Fsp3) is 0.409. The number of methoxy groups -OCH3 is 1. The van der Waals surface area contributed by atoms with Gasteiger partial charge in [-0.3, -0.25) is 9.69 Å². The van der Waals surface area contributed by atoms with Crippen LogP contribution in [-0.4, -0.2) is 44.2 Å². The Labute approximate surface area is 161 Å². The number of nitrogens with zero attached hydrogens (tertiary/aromatic N) is 1. The Morgan fingerprint density at radius 1 is 1.07 bits per heavy atom. The Morgan fingerprint density at radius 3 is 2.44 bits per heavy atom. The second kappa shape index (κ2) is 9.42. The largest absolute Gasteiger partial charge is 0.496 e. The summed E-state index contributed by atoms with van der Waals surface area (Å²) in [6, 6.07) is 15.9. The standard InChI is InChI=1S/C22H28N2O3/c1-17-9-3-5-11-20(17)27-16-22(25)23-15-19(24-13-7-8-14-24)18-10-4-6-12-21(18)26-2/h3-6,9-12,19H,7-8,13-16H2,1-2H3,(H,23,25)/t19-/m0/s1. The second-order valence-corrected chi connectivity index (χ2v) is 6.86. The van der Waals surface area contributed by atoms with Crippen molar-refractivity contribution in [1.82, 2.24) is 10.2 Å². The Kier molecular flexibility index (Phi) is 6.71. The molecule has 1 saturated heterocycles. The molecule has 27 heavy (non-hydrogen) atoms. The zero-order chi connectivity index (χ0) is 19.1. The molecule has 5 nitrogen and oxygen atoms in total. The van der Waals surface area contributed by atoms with Gasteiger partial charge in [-0.05, 0) is 50.6 Å². The van der Waals surface area contributed by atoms with Gasteiger partial charge < -0.3 is 14.8 Å². The van der Waals surface area contributed by atoms with Gasteiger partial charge in [-0.1, -0.05) is 36.4 Å². The molecule has 1 atom stereocenters. The molecule has 0 spiro atoms. The van der Waals surface area contributed by atoms with E-state index in [2.05, 4.69) is 16.3 Å². The maximum Gasteiger partial charge on any atom is 0.258 e. The quantitative estimate of drug-likeness (QED) is 0.776. The first-order valence-electron chi connectivity index (χ1n) is 9.51. The number of benzene rings is 2. The average Bonchev–Trinajstić information content (AvgIpc) is 3.22. The third-order valence-electron chi connectivity index (χ3n) is 5.02. The normalized spacial score (nSPS) is 15.3. The van der Waals surface area contributed by atoms with Crippen LogP contribution >= 0.6 is 0 Å². The van der Waals surface area contributed by atoms with Crippen LogP contribution in [0.4, 0.5) is 0 Å². The minimum Gasteiger partial charge on any atom is -0.496 e. The van der Waals surface area contributed by atoms with E-state index in [9.17, 15) is 4.79 Å². The number of carbonyl (C=O) groups is 1. The lowest BCUT2D eigenvalue weighted by molar-refractivity contribution is -0.123. The molecule has 1 N–H and O–H groups in total. The molecule has 2 aromatic rings. The van der Waals surface area contributed by atoms with E-state index in [0.29, 0.717) is 6.54 Å². The fourth-order valence-corrected chi connectivity index (χ4v) is 3.55. The Balaban J connectivity index is 1.62. The molecule has 0 saturated carbocycles. The predicted octanol–water partition coefficient (Wildman–Crippen LogP) is 3.34. The van der Waals surface area contributed by atoms with E-state index in [0.717, 1.165) is 35.7 Å². The van der Waals surface area contributed by atoms with Crippen LogP contribution in [0.15, 0.2) is 48.5 Å². The highest BCUT2D eigenvalue weighted by molar-refractivity contribution is 5.77. The second-order valence-electron chi connectivity index (χ2n) is 6.86. The van der Waals surface area contributed by atoms with E-state index in [4.69, 9.17) is 9.47 Å². The minimum absolute atomic E-state index is 0.0174. The van der Waals surface area contributed by atoms with Crippen molar-refractivity contribution in [2.24, 2.45) is 0 Å². The van der Waals surface area contributed by atoms with Crippen LogP contribution in [-0.2, 0) is 4.79 Å². The topological polar surface area (TPSA) is 50.8 Å². The van der Waals surface area contributed by atoms with Crippen LogP contribution in [0.3, 0.4) is 0 Å². The van der Waals surface area contributed by atoms with Crippen LogP contribution in [0.2, 0.25) is 0 Å². The fourth-order valence-electron chi connectivity index (χ4n) is 3.55. The molecule has 0 aromatic heterocycles. The summed E-state index contributed by atoms with van der Waals surface area (Å²) < 4.78 is 11.2. The van der Waals surface area contributed by atoms with Gasteiger partial charge in [0.15, 0.2) is 6.61 Å². The lowest BCUT2D eigenvalue weighted by Gasteiger charge is -2.29. The number of amides is 1. The number of aryl methyl sites for hydroxylation is 1. The number of hydrogen-bond donors (Lipinski definition) is 1. The van der Waals surface area contributed by atoms with Crippen molar-refractivity contribution in [2.45, 2.75) is 25.8 Å². The van der Waals surface area contributed by atoms with Crippen LogP contribution in [0.1, 0.15) is 30.0 Å². The van der Waals surface area contributed by atoms with Crippen molar-refractivity contribution in [3.63, 3.8) is 0 Å². The van der Waals surface area contributed by atoms with E-state index in [-0.39, 0.29) is 18.6 Å². The van der Waals surface area contributed by atoms with Gasteiger partial charge in [-0.15, -0.1) is 0 Å². The third-order valence-corrected chi connectivity index (χ3v) is 5.02. The molecule has 5 heteroatoms. The average molecular weight is 368 g/mol. The first-order chi connectivity index (χ1) is 13.2. The number of likely N-dealkylation sites (tertiary alicyclic amines) is 1. The smallest absolute Gasteiger partial charge is 0.258 e. The van der Waals surface area contributed by atoms with Crippen LogP contribution in [0, 0.1) is 6.92 Å². The molecule has 0 unspecified atom stereocenters. The third kappa shape index (κ3) is 5.01. The van der Waals surface area contributed by atoms with E-state index in [1.165, 1.54) is 12.8 Å². The zero-order valence-electron chi connectivity index (χ0n) is 16.1. The van der Waals surface area contributed by atoms with Crippen molar-refractivity contribution in [1.29, 1.82) is 0 Å². The van der Waals surface area contributed by atoms with Gasteiger partial charge in [-0.25, -0.2) is 0 Å². The van der Waals surface area contributed by atoms with Crippen molar-refractivity contribution in [3.8, 4) is 11.5 Å². The van der Waals surface area contributed by atoms with Gasteiger partial charge in [0.25, 0.3) is 5.91 Å². The molecule has 1 aliphatic rings. The highest BCUT2D eigenvalue weighted by atomic mass is 16.5. The maximum atomic E-state index is 12.3. The van der Waals surface area contributed by atoms with Crippen LogP contribution in [0.25, 0.3) is 0 Å². The maximum absolute atomic E-state index is 12.3. The van der Waals surface area contributed by atoms with Crippen molar-refractivity contribution < 1.29 is 14.3 Å². The Hall–Kier alpha value is -2.53. The van der Waals surface area contributed by atoms with E-state index < -0.39 is 0 Å². The van der Waals surface area contributed by atoms with Crippen molar-refractivity contribution in [3.05, 3.63) is 59.7 Å². The van der Waals surface area contributed by atoms with Gasteiger partial charge in [-0.2, -0.15) is 0 Å². The number of rotatable bonds is 8. The highest BCUT2D eigenvalue weighted by Gasteiger charge is 2.26. The van der Waals surface area contributed by atoms with Gasteiger partial charge in [0.1, 0.15) is 11.5 Å². The molecular formula is C22H28N2O3. The number of nitrogens with one attached hydrogen (secondary N) is 1. The van der Waals surface area contributed by atoms with Gasteiger partial charge in [0.2, 0.25) is 0 Å². The van der Waals surface area contributed by atoms with Gasteiger partial charge in [0, 0.05) is 12.1 Å². The summed E-state index contributed by atoms with van der Waals surface area (Å²) in [7, 11) is 1.69. The summed E-state index contributed by atoms with van der Waals surface area (Å²) in [5, 5.41) is 3.04. The molecule has 3 rings (SSSR count). The Bertz CT molecular complexity index is 757. The highest BCUT2D eigenvalue weighted by Crippen LogP contribution is 2.31. The molecule has 2 aromatic carbocycles. The summed E-state index contributed by atoms with van der Waals surface area (Å²) in [6.45, 7) is 4.61. The van der Waals surface area contributed by atoms with E-state index in [1.807, 2.05) is 49.4 Å². The van der Waals surface area contributed by atoms with Crippen LogP contribution in [0.5, 0.6) is 11.5 Å². The molecule has 1 aliphatic heterocycles. The summed E-state index contributed by atoms with van der Waals surface area (Å²) in [5.41, 5.74) is 2.14. The van der Waals surface area contributed by atoms with Gasteiger partial charge in [0.05, 0.1) is 13.2 Å². The van der Waals surface area contributed by atoms with Crippen molar-refractivity contribution >= 4 is 5.91 Å². The zero-order valence-corrected chi connectivity index (χ0v) is 16.1. The molecule has 0 aliphatic carbocycles. The predicted molar refractivity (Wildman–Crippen MR) is 106 cm³/mol. The first kappa shape index (κ1) is 19.2. The number of carbonyl (C=O) groups excluding carboxylic acids is 1. The lowest BCUT2D eigenvalue weighted by Crippen LogP contribution is -2.38. The minimum atomic E-state index is -0.114. The monoisotopic (exact) mass is 368 g/mol. The number of hydrogen-bond acceptors (Lipinski definition) is 4. The molecule has 1 heterocycles. The summed E-state index contributed by atoms with van der Waals surface area (Å²) in [4.78, 5) is 14.8. The summed E-state index contributed by atoms with van der Waals surface area (Å²) >= 11 is 0. The molecule has 0 bridgehead atoms. The SMILES string of the molecule is COc1ccccc1[C@H](CNC(=O)COc1ccccc1C)N1CCCC1. The molecule has 1 fully saturated rings. The van der Waals surface area contributed by atoms with E-state index in [1.54, 1.807) is 7.11 Å². The summed E-state index contributed by atoms with van der Waals surface area (Å²) in [6.07, 6.45) is 2.38. The first-order valence-corrected chi connectivity index (χ1v) is 9.51. The van der Waals surface area contributed by atoms with Gasteiger partial charge >= 0.3 is 0 Å².